The van der Waals surface area contributed by atoms with Crippen molar-refractivity contribution in [3.63, 3.8) is 0 Å². The Bertz CT molecular complexity index is 548. The molecule has 2 amide bonds. The number of urea groups is 1. The van der Waals surface area contributed by atoms with Crippen LogP contribution in [0, 0.1) is 17.0 Å². The van der Waals surface area contributed by atoms with Gasteiger partial charge in [-0.15, -0.1) is 0 Å². The van der Waals surface area contributed by atoms with Crippen LogP contribution < -0.4 is 10.6 Å². The van der Waals surface area contributed by atoms with E-state index >= 15 is 0 Å². The zero-order valence-electron chi connectivity index (χ0n) is 11.5. The van der Waals surface area contributed by atoms with E-state index in [0.29, 0.717) is 17.0 Å². The molecule has 0 fully saturated rings. The Balaban J connectivity index is 2.67. The van der Waals surface area contributed by atoms with Gasteiger partial charge in [0.2, 0.25) is 0 Å². The molecule has 1 rings (SSSR count). The Hall–Kier alpha value is -1.96. The highest BCUT2D eigenvalue weighted by atomic mass is 32.2. The normalized spacial score (nSPS) is 13.3. The van der Waals surface area contributed by atoms with Gasteiger partial charge in [0.05, 0.1) is 4.92 Å². The third-order valence-electron chi connectivity index (χ3n) is 2.53. The van der Waals surface area contributed by atoms with Crippen molar-refractivity contribution in [2.24, 2.45) is 0 Å². The second kappa shape index (κ2) is 6.99. The maximum absolute atomic E-state index is 11.7. The zero-order chi connectivity index (χ0) is 15.3. The number of carbonyl (C=O) groups excluding carboxylic acids is 1. The first-order valence-electron chi connectivity index (χ1n) is 5.92. The molecule has 0 aliphatic rings. The van der Waals surface area contributed by atoms with Gasteiger partial charge in [0.1, 0.15) is 0 Å². The average molecular weight is 299 g/mol. The molecule has 2 N–H and O–H groups in total. The molecule has 1 aromatic rings. The highest BCUT2D eigenvalue weighted by molar-refractivity contribution is 7.84. The summed E-state index contributed by atoms with van der Waals surface area (Å²) in [6.07, 6.45) is 1.57. The van der Waals surface area contributed by atoms with Crippen LogP contribution in [0.15, 0.2) is 18.2 Å². The number of hydrogen-bond acceptors (Lipinski definition) is 4. The summed E-state index contributed by atoms with van der Waals surface area (Å²) in [6, 6.07) is 3.54. The third-order valence-corrected chi connectivity index (χ3v) is 3.50. The van der Waals surface area contributed by atoms with E-state index in [9.17, 15) is 19.1 Å². The van der Waals surface area contributed by atoms with Gasteiger partial charge in [-0.05, 0) is 25.5 Å². The lowest BCUT2D eigenvalue weighted by Gasteiger charge is -2.14. The van der Waals surface area contributed by atoms with Crippen LogP contribution in [-0.4, -0.2) is 33.2 Å². The van der Waals surface area contributed by atoms with Gasteiger partial charge >= 0.3 is 6.03 Å². The first-order chi connectivity index (χ1) is 9.29. The van der Waals surface area contributed by atoms with Crippen molar-refractivity contribution in [1.29, 1.82) is 0 Å². The SMILES string of the molecule is Cc1cc([N+](=O)[O-])ccc1NC(=O)N[C@H](C)C[S@](C)=O. The molecule has 0 aliphatic heterocycles. The Morgan fingerprint density at radius 1 is 1.50 bits per heavy atom. The number of non-ortho nitro benzene ring substituents is 1. The predicted octanol–water partition coefficient (Wildman–Crippen LogP) is 1.79. The Labute approximate surface area is 119 Å². The number of nitro benzene ring substituents is 1. The molecular formula is C12H17N3O4S. The van der Waals surface area contributed by atoms with Crippen molar-refractivity contribution in [3.05, 3.63) is 33.9 Å². The summed E-state index contributed by atoms with van der Waals surface area (Å²) in [4.78, 5) is 21.8. The molecule has 110 valence electrons. The fourth-order valence-corrected chi connectivity index (χ4v) is 2.47. The molecule has 0 radical (unpaired) electrons. The van der Waals surface area contributed by atoms with Crippen molar-refractivity contribution in [3.8, 4) is 0 Å². The number of anilines is 1. The van der Waals surface area contributed by atoms with Crippen LogP contribution in [0.25, 0.3) is 0 Å². The van der Waals surface area contributed by atoms with Crippen molar-refractivity contribution in [1.82, 2.24) is 5.32 Å². The molecule has 0 saturated heterocycles. The lowest BCUT2D eigenvalue weighted by atomic mass is 10.2. The molecule has 0 spiro atoms. The van der Waals surface area contributed by atoms with E-state index in [1.807, 2.05) is 0 Å². The van der Waals surface area contributed by atoms with E-state index < -0.39 is 21.8 Å². The Kier molecular flexibility index (Phi) is 5.63. The van der Waals surface area contributed by atoms with E-state index in [0.717, 1.165) is 0 Å². The van der Waals surface area contributed by atoms with Gasteiger partial charge in [-0.1, -0.05) is 0 Å². The van der Waals surface area contributed by atoms with Gasteiger partial charge in [0, 0.05) is 46.7 Å². The van der Waals surface area contributed by atoms with E-state index in [1.54, 1.807) is 20.1 Å². The Morgan fingerprint density at radius 2 is 2.15 bits per heavy atom. The molecule has 0 heterocycles. The summed E-state index contributed by atoms with van der Waals surface area (Å²) in [6.45, 7) is 3.43. The van der Waals surface area contributed by atoms with Crippen LogP contribution in [0.5, 0.6) is 0 Å². The Morgan fingerprint density at radius 3 is 2.65 bits per heavy atom. The van der Waals surface area contributed by atoms with Crippen molar-refractivity contribution in [2.75, 3.05) is 17.3 Å². The van der Waals surface area contributed by atoms with Crippen molar-refractivity contribution < 1.29 is 13.9 Å². The summed E-state index contributed by atoms with van der Waals surface area (Å²) in [7, 11) is -0.989. The molecule has 0 saturated carbocycles. The fraction of sp³-hybridized carbons (Fsp3) is 0.417. The minimum absolute atomic E-state index is 0.0248. The van der Waals surface area contributed by atoms with Gasteiger partial charge in [0.15, 0.2) is 0 Å². The standard InChI is InChI=1S/C12H17N3O4S/c1-8-6-10(15(17)18)4-5-11(8)14-12(16)13-9(2)7-20(3)19/h4-6,9H,7H2,1-3H3,(H2,13,14,16)/t9-,20+/m1/s1. The van der Waals surface area contributed by atoms with Gasteiger partial charge in [-0.3, -0.25) is 14.3 Å². The molecule has 0 aromatic heterocycles. The topological polar surface area (TPSA) is 101 Å². The average Bonchev–Trinajstić information content (AvgIpc) is 2.30. The smallest absolute Gasteiger partial charge is 0.319 e. The number of nitrogens with zero attached hydrogens (tertiary/aromatic N) is 1. The summed E-state index contributed by atoms with van der Waals surface area (Å²) in [5.74, 6) is 0.368. The predicted molar refractivity (Wildman–Crippen MR) is 78.4 cm³/mol. The van der Waals surface area contributed by atoms with Gasteiger partial charge in [-0.25, -0.2) is 4.79 Å². The number of benzene rings is 1. The number of aryl methyl sites for hydroxylation is 1. The van der Waals surface area contributed by atoms with Gasteiger partial charge in [-0.2, -0.15) is 0 Å². The van der Waals surface area contributed by atoms with Crippen LogP contribution in [0.2, 0.25) is 0 Å². The molecule has 20 heavy (non-hydrogen) atoms. The van der Waals surface area contributed by atoms with E-state index in [-0.39, 0.29) is 11.7 Å². The maximum Gasteiger partial charge on any atom is 0.319 e. The molecular weight excluding hydrogens is 282 g/mol. The van der Waals surface area contributed by atoms with E-state index in [2.05, 4.69) is 10.6 Å². The van der Waals surface area contributed by atoms with Crippen LogP contribution >= 0.6 is 0 Å². The van der Waals surface area contributed by atoms with E-state index in [4.69, 9.17) is 0 Å². The maximum atomic E-state index is 11.7. The molecule has 0 bridgehead atoms. The monoisotopic (exact) mass is 299 g/mol. The van der Waals surface area contributed by atoms with Crippen LogP contribution in [0.3, 0.4) is 0 Å². The largest absolute Gasteiger partial charge is 0.334 e. The van der Waals surface area contributed by atoms with Crippen LogP contribution in [0.4, 0.5) is 16.2 Å². The summed E-state index contributed by atoms with van der Waals surface area (Å²) in [5, 5.41) is 15.9. The van der Waals surface area contributed by atoms with Crippen molar-refractivity contribution in [2.45, 2.75) is 19.9 Å². The molecule has 0 aliphatic carbocycles. The summed E-state index contributed by atoms with van der Waals surface area (Å²) in [5.41, 5.74) is 1.07. The number of amides is 2. The lowest BCUT2D eigenvalue weighted by molar-refractivity contribution is -0.384. The number of carbonyl (C=O) groups is 1. The van der Waals surface area contributed by atoms with Crippen molar-refractivity contribution >= 4 is 28.2 Å². The highest BCUT2D eigenvalue weighted by Gasteiger charge is 2.12. The number of hydrogen-bond donors (Lipinski definition) is 2. The summed E-state index contributed by atoms with van der Waals surface area (Å²) >= 11 is 0. The van der Waals surface area contributed by atoms with Crippen LogP contribution in [0.1, 0.15) is 12.5 Å². The molecule has 1 aromatic carbocycles. The van der Waals surface area contributed by atoms with Gasteiger partial charge < -0.3 is 10.6 Å². The molecule has 0 unspecified atom stereocenters. The molecule has 8 heteroatoms. The van der Waals surface area contributed by atoms with Crippen LogP contribution in [-0.2, 0) is 10.8 Å². The molecule has 7 nitrogen and oxygen atoms in total. The summed E-state index contributed by atoms with van der Waals surface area (Å²) < 4.78 is 11.0. The number of nitrogens with one attached hydrogen (secondary N) is 2. The minimum Gasteiger partial charge on any atom is -0.334 e. The lowest BCUT2D eigenvalue weighted by Crippen LogP contribution is -2.39. The molecule has 2 atom stereocenters. The number of rotatable bonds is 5. The zero-order valence-corrected chi connectivity index (χ0v) is 12.3. The number of nitro groups is 1. The minimum atomic E-state index is -0.989. The second-order valence-electron chi connectivity index (χ2n) is 4.50. The first kappa shape index (κ1) is 16.1. The quantitative estimate of drug-likeness (QED) is 0.639. The highest BCUT2D eigenvalue weighted by Crippen LogP contribution is 2.20. The third kappa shape index (κ3) is 4.96. The van der Waals surface area contributed by atoms with Gasteiger partial charge in [0.25, 0.3) is 5.69 Å². The van der Waals surface area contributed by atoms with E-state index in [1.165, 1.54) is 18.2 Å². The second-order valence-corrected chi connectivity index (χ2v) is 5.98. The first-order valence-corrected chi connectivity index (χ1v) is 7.65. The fourth-order valence-electron chi connectivity index (χ4n) is 1.68.